The Kier molecular flexibility index (Phi) is 4.75. The summed E-state index contributed by atoms with van der Waals surface area (Å²) < 4.78 is 79.7. The summed E-state index contributed by atoms with van der Waals surface area (Å²) in [4.78, 5) is 11.1. The van der Waals surface area contributed by atoms with Gasteiger partial charge in [-0.15, -0.1) is 0 Å². The van der Waals surface area contributed by atoms with Crippen molar-refractivity contribution in [2.75, 3.05) is 7.11 Å². The maximum Gasteiger partial charge on any atom is 0.463 e. The molecule has 1 N–H and O–H groups in total. The van der Waals surface area contributed by atoms with Gasteiger partial charge in [0.1, 0.15) is 11.6 Å². The Bertz CT molecular complexity index is 529. The number of carbonyl (C=O) groups excluding carboxylic acids is 1. The molecule has 0 fully saturated rings. The van der Waals surface area contributed by atoms with Crippen LogP contribution < -0.4 is 10.1 Å². The van der Waals surface area contributed by atoms with Crippen molar-refractivity contribution in [3.05, 3.63) is 29.6 Å². The van der Waals surface area contributed by atoms with Crippen LogP contribution in [-0.4, -0.2) is 25.1 Å². The average molecular weight is 315 g/mol. The topological polar surface area (TPSA) is 38.3 Å². The Morgan fingerprint density at radius 2 is 1.81 bits per heavy atom. The standard InChI is InChI=1S/C12H11F6NO2/c1-6(8-5-7(13)3-4-9(8)21-2)19-10(20)11(14,15)12(16,17)18/h3-6H,1-2H3,(H,19,20). The second-order valence-electron chi connectivity index (χ2n) is 4.15. The Balaban J connectivity index is 2.99. The highest BCUT2D eigenvalue weighted by Crippen LogP contribution is 2.36. The first kappa shape index (κ1) is 17.1. The van der Waals surface area contributed by atoms with Gasteiger partial charge in [0.25, 0.3) is 0 Å². The molecule has 1 aromatic rings. The number of rotatable bonds is 4. The molecule has 0 heterocycles. The summed E-state index contributed by atoms with van der Waals surface area (Å²) in [5.74, 6) is -8.77. The molecule has 0 aliphatic carbocycles. The maximum absolute atomic E-state index is 13.1. The van der Waals surface area contributed by atoms with Gasteiger partial charge >= 0.3 is 18.0 Å². The van der Waals surface area contributed by atoms with Gasteiger partial charge in [-0.25, -0.2) is 4.39 Å². The zero-order valence-electron chi connectivity index (χ0n) is 10.9. The van der Waals surface area contributed by atoms with E-state index in [1.165, 1.54) is 12.4 Å². The molecule has 9 heteroatoms. The van der Waals surface area contributed by atoms with E-state index in [0.29, 0.717) is 0 Å². The SMILES string of the molecule is COc1ccc(F)cc1C(C)NC(=O)C(F)(F)C(F)(F)F. The Morgan fingerprint density at radius 3 is 2.29 bits per heavy atom. The van der Waals surface area contributed by atoms with Gasteiger partial charge in [-0.05, 0) is 25.1 Å². The summed E-state index contributed by atoms with van der Waals surface area (Å²) in [7, 11) is 1.20. The summed E-state index contributed by atoms with van der Waals surface area (Å²) in [6.07, 6.45) is -6.01. The highest BCUT2D eigenvalue weighted by atomic mass is 19.4. The van der Waals surface area contributed by atoms with E-state index in [1.54, 1.807) is 0 Å². The van der Waals surface area contributed by atoms with Gasteiger partial charge in [0.2, 0.25) is 0 Å². The van der Waals surface area contributed by atoms with Crippen molar-refractivity contribution < 1.29 is 35.9 Å². The van der Waals surface area contributed by atoms with Crippen molar-refractivity contribution in [3.63, 3.8) is 0 Å². The fourth-order valence-electron chi connectivity index (χ4n) is 1.54. The van der Waals surface area contributed by atoms with E-state index in [0.717, 1.165) is 25.1 Å². The molecule has 0 saturated heterocycles. The third-order valence-electron chi connectivity index (χ3n) is 2.65. The maximum atomic E-state index is 13.1. The largest absolute Gasteiger partial charge is 0.496 e. The van der Waals surface area contributed by atoms with E-state index in [1.807, 2.05) is 0 Å². The van der Waals surface area contributed by atoms with Gasteiger partial charge in [0.05, 0.1) is 13.2 Å². The number of amides is 1. The molecule has 21 heavy (non-hydrogen) atoms. The van der Waals surface area contributed by atoms with Crippen LogP contribution in [0.1, 0.15) is 18.5 Å². The molecule has 0 aliphatic rings. The minimum Gasteiger partial charge on any atom is -0.496 e. The van der Waals surface area contributed by atoms with Crippen molar-refractivity contribution in [3.8, 4) is 5.75 Å². The number of halogens is 6. The Hall–Kier alpha value is -1.93. The first-order valence-electron chi connectivity index (χ1n) is 5.59. The normalized spacial score (nSPS) is 13.7. The molecular weight excluding hydrogens is 304 g/mol. The molecule has 3 nitrogen and oxygen atoms in total. The van der Waals surface area contributed by atoms with Crippen molar-refractivity contribution >= 4 is 5.91 Å². The van der Waals surface area contributed by atoms with Crippen LogP contribution in [0.25, 0.3) is 0 Å². The predicted molar refractivity (Wildman–Crippen MR) is 60.5 cm³/mol. The number of hydrogen-bond acceptors (Lipinski definition) is 2. The number of ether oxygens (including phenoxy) is 1. The Morgan fingerprint density at radius 1 is 1.24 bits per heavy atom. The summed E-state index contributed by atoms with van der Waals surface area (Å²) in [5, 5.41) is 1.49. The highest BCUT2D eigenvalue weighted by Gasteiger charge is 2.63. The van der Waals surface area contributed by atoms with E-state index in [-0.39, 0.29) is 11.3 Å². The predicted octanol–water partition coefficient (Wildman–Crippen LogP) is 3.21. The number of methoxy groups -OCH3 is 1. The number of carbonyl (C=O) groups is 1. The van der Waals surface area contributed by atoms with Crippen molar-refractivity contribution in [2.24, 2.45) is 0 Å². The van der Waals surface area contributed by atoms with Crippen molar-refractivity contribution in [2.45, 2.75) is 25.1 Å². The van der Waals surface area contributed by atoms with Crippen LogP contribution in [0.4, 0.5) is 26.3 Å². The molecule has 1 unspecified atom stereocenters. The van der Waals surface area contributed by atoms with Crippen LogP contribution in [0, 0.1) is 5.82 Å². The van der Waals surface area contributed by atoms with Gasteiger partial charge in [-0.1, -0.05) is 0 Å². The van der Waals surface area contributed by atoms with Crippen molar-refractivity contribution in [1.29, 1.82) is 0 Å². The van der Waals surface area contributed by atoms with E-state index in [4.69, 9.17) is 4.74 Å². The molecule has 0 spiro atoms. The van der Waals surface area contributed by atoms with Crippen LogP contribution in [0.2, 0.25) is 0 Å². The molecular formula is C12H11F6NO2. The molecule has 0 saturated carbocycles. The number of nitrogens with one attached hydrogen (secondary N) is 1. The summed E-state index contributed by atoms with van der Waals surface area (Å²) in [6.45, 7) is 1.13. The third kappa shape index (κ3) is 3.59. The van der Waals surface area contributed by atoms with Gasteiger partial charge in [0, 0.05) is 5.56 Å². The lowest BCUT2D eigenvalue weighted by atomic mass is 10.1. The summed E-state index contributed by atoms with van der Waals surface area (Å²) in [6, 6.07) is 1.74. The quantitative estimate of drug-likeness (QED) is 0.867. The number of alkyl halides is 5. The molecule has 0 aliphatic heterocycles. The summed E-state index contributed by atoms with van der Waals surface area (Å²) in [5.41, 5.74) is -0.0659. The van der Waals surface area contributed by atoms with E-state index >= 15 is 0 Å². The fraction of sp³-hybridized carbons (Fsp3) is 0.417. The molecule has 0 radical (unpaired) electrons. The lowest BCUT2D eigenvalue weighted by molar-refractivity contribution is -0.270. The van der Waals surface area contributed by atoms with Gasteiger partial charge in [-0.2, -0.15) is 22.0 Å². The number of benzene rings is 1. The molecule has 1 rings (SSSR count). The van der Waals surface area contributed by atoms with Crippen LogP contribution >= 0.6 is 0 Å². The zero-order chi connectivity index (χ0) is 16.4. The molecule has 0 aromatic heterocycles. The minimum absolute atomic E-state index is 0.0412. The summed E-state index contributed by atoms with van der Waals surface area (Å²) >= 11 is 0. The highest BCUT2D eigenvalue weighted by molar-refractivity contribution is 5.84. The first-order valence-corrected chi connectivity index (χ1v) is 5.59. The fourth-order valence-corrected chi connectivity index (χ4v) is 1.54. The van der Waals surface area contributed by atoms with Crippen LogP contribution in [0.3, 0.4) is 0 Å². The molecule has 118 valence electrons. The average Bonchev–Trinajstić information content (AvgIpc) is 2.37. The molecule has 1 amide bonds. The Labute approximate surface area is 115 Å². The monoisotopic (exact) mass is 315 g/mol. The minimum atomic E-state index is -6.01. The second kappa shape index (κ2) is 5.82. The smallest absolute Gasteiger partial charge is 0.463 e. The number of hydrogen-bond donors (Lipinski definition) is 1. The van der Waals surface area contributed by atoms with Crippen LogP contribution in [0.15, 0.2) is 18.2 Å². The van der Waals surface area contributed by atoms with Gasteiger partial charge < -0.3 is 10.1 Å². The first-order chi connectivity index (χ1) is 9.50. The lowest BCUT2D eigenvalue weighted by Gasteiger charge is -2.22. The van der Waals surface area contributed by atoms with Crippen LogP contribution in [0.5, 0.6) is 5.75 Å². The van der Waals surface area contributed by atoms with E-state index in [2.05, 4.69) is 0 Å². The van der Waals surface area contributed by atoms with E-state index < -0.39 is 29.9 Å². The second-order valence-corrected chi connectivity index (χ2v) is 4.15. The molecule has 1 atom stereocenters. The lowest BCUT2D eigenvalue weighted by Crippen LogP contribution is -2.50. The van der Waals surface area contributed by atoms with Crippen molar-refractivity contribution in [1.82, 2.24) is 5.32 Å². The van der Waals surface area contributed by atoms with E-state index in [9.17, 15) is 31.1 Å². The third-order valence-corrected chi connectivity index (χ3v) is 2.65. The zero-order valence-corrected chi connectivity index (χ0v) is 10.9. The van der Waals surface area contributed by atoms with Crippen LogP contribution in [-0.2, 0) is 4.79 Å². The molecule has 1 aromatic carbocycles. The molecule has 0 bridgehead atoms. The van der Waals surface area contributed by atoms with Gasteiger partial charge in [0.15, 0.2) is 0 Å². The van der Waals surface area contributed by atoms with Gasteiger partial charge in [-0.3, -0.25) is 4.79 Å².